The zero-order chi connectivity index (χ0) is 17.8. The van der Waals surface area contributed by atoms with Gasteiger partial charge in [0, 0.05) is 45.7 Å². The summed E-state index contributed by atoms with van der Waals surface area (Å²) in [5, 5.41) is 10.3. The summed E-state index contributed by atoms with van der Waals surface area (Å²) in [7, 11) is 0. The first-order valence-corrected chi connectivity index (χ1v) is 9.03. The fourth-order valence-electron chi connectivity index (χ4n) is 3.59. The normalized spacial score (nSPS) is 22.3. The minimum atomic E-state index is -0.565. The third kappa shape index (κ3) is 4.58. The first-order valence-electron chi connectivity index (χ1n) is 9.03. The summed E-state index contributed by atoms with van der Waals surface area (Å²) in [6, 6.07) is 8.25. The van der Waals surface area contributed by atoms with E-state index in [0.717, 1.165) is 19.5 Å². The molecule has 0 aromatic heterocycles. The Hall–Kier alpha value is -1.92. The van der Waals surface area contributed by atoms with Gasteiger partial charge in [0.1, 0.15) is 0 Å². The summed E-state index contributed by atoms with van der Waals surface area (Å²) in [5.41, 5.74) is 2.49. The molecule has 1 aromatic rings. The third-order valence-electron chi connectivity index (χ3n) is 5.09. The van der Waals surface area contributed by atoms with Crippen molar-refractivity contribution < 1.29 is 14.7 Å². The minimum absolute atomic E-state index is 0.0601. The van der Waals surface area contributed by atoms with Crippen molar-refractivity contribution in [1.29, 1.82) is 0 Å². The van der Waals surface area contributed by atoms with Gasteiger partial charge in [-0.25, -0.2) is 0 Å². The molecule has 0 unspecified atom stereocenters. The highest BCUT2D eigenvalue weighted by Crippen LogP contribution is 2.14. The van der Waals surface area contributed by atoms with Gasteiger partial charge in [-0.05, 0) is 24.5 Å². The quantitative estimate of drug-likeness (QED) is 0.869. The number of amides is 2. The Balaban J connectivity index is 1.58. The van der Waals surface area contributed by atoms with Crippen LogP contribution in [0.25, 0.3) is 0 Å². The number of benzene rings is 1. The Morgan fingerprint density at radius 3 is 2.72 bits per heavy atom. The van der Waals surface area contributed by atoms with Crippen molar-refractivity contribution in [1.82, 2.24) is 14.7 Å². The Bertz CT molecular complexity index is 634. The van der Waals surface area contributed by atoms with E-state index in [-0.39, 0.29) is 18.4 Å². The van der Waals surface area contributed by atoms with Crippen LogP contribution in [0, 0.1) is 6.92 Å². The lowest BCUT2D eigenvalue weighted by atomic mass is 10.1. The first-order chi connectivity index (χ1) is 12.0. The highest BCUT2D eigenvalue weighted by atomic mass is 16.3. The summed E-state index contributed by atoms with van der Waals surface area (Å²) < 4.78 is 0. The van der Waals surface area contributed by atoms with Crippen molar-refractivity contribution in [3.8, 4) is 0 Å². The van der Waals surface area contributed by atoms with E-state index in [4.69, 9.17) is 0 Å². The summed E-state index contributed by atoms with van der Waals surface area (Å²) >= 11 is 0. The Labute approximate surface area is 149 Å². The third-order valence-corrected chi connectivity index (χ3v) is 5.09. The van der Waals surface area contributed by atoms with E-state index in [1.54, 1.807) is 9.80 Å². The fraction of sp³-hybridized carbons (Fsp3) is 0.579. The average molecular weight is 345 g/mol. The molecule has 136 valence electrons. The number of carbonyl (C=O) groups excluding carboxylic acids is 2. The molecule has 1 atom stereocenters. The van der Waals surface area contributed by atoms with Crippen LogP contribution in [-0.4, -0.2) is 77.0 Å². The highest BCUT2D eigenvalue weighted by Gasteiger charge is 2.28. The van der Waals surface area contributed by atoms with Crippen molar-refractivity contribution in [2.45, 2.75) is 32.4 Å². The number of carbonyl (C=O) groups is 2. The van der Waals surface area contributed by atoms with Crippen LogP contribution in [0.2, 0.25) is 0 Å². The van der Waals surface area contributed by atoms with E-state index in [1.165, 1.54) is 11.1 Å². The van der Waals surface area contributed by atoms with E-state index in [9.17, 15) is 14.7 Å². The molecule has 6 heteroatoms. The molecule has 2 amide bonds. The van der Waals surface area contributed by atoms with E-state index < -0.39 is 6.10 Å². The van der Waals surface area contributed by atoms with E-state index in [0.29, 0.717) is 32.6 Å². The topological polar surface area (TPSA) is 64.1 Å². The van der Waals surface area contributed by atoms with Gasteiger partial charge in [-0.2, -0.15) is 0 Å². The zero-order valence-corrected chi connectivity index (χ0v) is 14.9. The van der Waals surface area contributed by atoms with E-state index in [1.807, 2.05) is 12.1 Å². The number of β-amino-alcohol motifs (C(OH)–C–C–N with tert-alkyl or cyclic N) is 1. The maximum Gasteiger partial charge on any atom is 0.242 e. The standard InChI is InChI=1S/C19H27N3O3/c1-15-5-2-3-6-16(15)11-20-9-10-22(13-17(23)12-20)19(25)14-21-8-4-7-18(21)24/h2-3,5-6,17,23H,4,7-14H2,1H3/t17-/m1/s1. The smallest absolute Gasteiger partial charge is 0.242 e. The van der Waals surface area contributed by atoms with Crippen LogP contribution in [0.5, 0.6) is 0 Å². The number of aryl methyl sites for hydroxylation is 1. The number of aliphatic hydroxyl groups is 1. The van der Waals surface area contributed by atoms with Gasteiger partial charge in [0.05, 0.1) is 12.6 Å². The largest absolute Gasteiger partial charge is 0.390 e. The number of rotatable bonds is 4. The predicted molar refractivity (Wildman–Crippen MR) is 94.9 cm³/mol. The van der Waals surface area contributed by atoms with Gasteiger partial charge in [0.15, 0.2) is 0 Å². The monoisotopic (exact) mass is 345 g/mol. The van der Waals surface area contributed by atoms with Gasteiger partial charge in [-0.15, -0.1) is 0 Å². The lowest BCUT2D eigenvalue weighted by Crippen LogP contribution is -2.44. The highest BCUT2D eigenvalue weighted by molar-refractivity contribution is 5.85. The van der Waals surface area contributed by atoms with Crippen molar-refractivity contribution in [3.63, 3.8) is 0 Å². The summed E-state index contributed by atoms with van der Waals surface area (Å²) in [6.45, 7) is 5.88. The van der Waals surface area contributed by atoms with Crippen molar-refractivity contribution >= 4 is 11.8 Å². The van der Waals surface area contributed by atoms with Crippen molar-refractivity contribution in [3.05, 3.63) is 35.4 Å². The molecule has 0 aliphatic carbocycles. The lowest BCUT2D eigenvalue weighted by Gasteiger charge is -2.24. The number of hydrogen-bond donors (Lipinski definition) is 1. The molecule has 0 saturated carbocycles. The molecule has 25 heavy (non-hydrogen) atoms. The van der Waals surface area contributed by atoms with Crippen LogP contribution in [0.4, 0.5) is 0 Å². The second-order valence-electron chi connectivity index (χ2n) is 7.07. The van der Waals surface area contributed by atoms with Crippen molar-refractivity contribution in [2.75, 3.05) is 39.3 Å². The molecule has 2 heterocycles. The molecule has 0 spiro atoms. The molecular formula is C19H27N3O3. The molecule has 2 aliphatic heterocycles. The SMILES string of the molecule is Cc1ccccc1CN1CCN(C(=O)CN2CCCC2=O)C[C@H](O)C1. The maximum absolute atomic E-state index is 12.5. The van der Waals surface area contributed by atoms with Gasteiger partial charge in [-0.3, -0.25) is 14.5 Å². The number of likely N-dealkylation sites (tertiary alicyclic amines) is 1. The van der Waals surface area contributed by atoms with Gasteiger partial charge in [0.25, 0.3) is 0 Å². The lowest BCUT2D eigenvalue weighted by molar-refractivity contribution is -0.138. The molecule has 2 saturated heterocycles. The average Bonchev–Trinajstić information content (AvgIpc) is 2.87. The Kier molecular flexibility index (Phi) is 5.71. The van der Waals surface area contributed by atoms with Crippen LogP contribution in [0.3, 0.4) is 0 Å². The number of aliphatic hydroxyl groups excluding tert-OH is 1. The zero-order valence-electron chi connectivity index (χ0n) is 14.9. The van der Waals surface area contributed by atoms with Crippen LogP contribution in [-0.2, 0) is 16.1 Å². The molecule has 2 aliphatic rings. The maximum atomic E-state index is 12.5. The van der Waals surface area contributed by atoms with Crippen LogP contribution < -0.4 is 0 Å². The van der Waals surface area contributed by atoms with Gasteiger partial charge >= 0.3 is 0 Å². The molecule has 2 fully saturated rings. The second-order valence-corrected chi connectivity index (χ2v) is 7.07. The Morgan fingerprint density at radius 1 is 1.20 bits per heavy atom. The predicted octanol–water partition coefficient (Wildman–Crippen LogP) is 0.623. The summed E-state index contributed by atoms with van der Waals surface area (Å²) in [4.78, 5) is 29.8. The number of hydrogen-bond acceptors (Lipinski definition) is 4. The van der Waals surface area contributed by atoms with E-state index >= 15 is 0 Å². The number of nitrogens with zero attached hydrogens (tertiary/aromatic N) is 3. The molecule has 3 rings (SSSR count). The fourth-order valence-corrected chi connectivity index (χ4v) is 3.59. The first kappa shape index (κ1) is 17.9. The van der Waals surface area contributed by atoms with Gasteiger partial charge in [0.2, 0.25) is 11.8 Å². The molecule has 0 bridgehead atoms. The molecule has 0 radical (unpaired) electrons. The minimum Gasteiger partial charge on any atom is -0.390 e. The molecular weight excluding hydrogens is 318 g/mol. The van der Waals surface area contributed by atoms with Crippen LogP contribution >= 0.6 is 0 Å². The van der Waals surface area contributed by atoms with Crippen LogP contribution in [0.1, 0.15) is 24.0 Å². The van der Waals surface area contributed by atoms with Gasteiger partial charge < -0.3 is 14.9 Å². The Morgan fingerprint density at radius 2 is 2.00 bits per heavy atom. The molecule has 1 aromatic carbocycles. The second kappa shape index (κ2) is 7.97. The summed E-state index contributed by atoms with van der Waals surface area (Å²) in [5.74, 6) is -0.00283. The molecule has 1 N–H and O–H groups in total. The molecule has 6 nitrogen and oxygen atoms in total. The summed E-state index contributed by atoms with van der Waals surface area (Å²) in [6.07, 6.45) is 0.809. The van der Waals surface area contributed by atoms with Crippen molar-refractivity contribution in [2.24, 2.45) is 0 Å². The van der Waals surface area contributed by atoms with Crippen LogP contribution in [0.15, 0.2) is 24.3 Å². The van der Waals surface area contributed by atoms with Gasteiger partial charge in [-0.1, -0.05) is 24.3 Å². The van der Waals surface area contributed by atoms with E-state index in [2.05, 4.69) is 24.0 Å².